The molecular weight excluding hydrogens is 250 g/mol. The van der Waals surface area contributed by atoms with Crippen LogP contribution in [0.1, 0.15) is 36.6 Å². The molecule has 2 aromatic rings. The van der Waals surface area contributed by atoms with Gasteiger partial charge in [0.15, 0.2) is 0 Å². The van der Waals surface area contributed by atoms with E-state index in [0.29, 0.717) is 0 Å². The van der Waals surface area contributed by atoms with E-state index in [9.17, 15) is 10.2 Å². The molecule has 0 saturated carbocycles. The fourth-order valence-corrected chi connectivity index (χ4v) is 2.39. The summed E-state index contributed by atoms with van der Waals surface area (Å²) in [5, 5.41) is 23.0. The molecule has 0 saturated heterocycles. The number of aliphatic hydroxyl groups is 1. The Bertz CT molecular complexity index is 528. The van der Waals surface area contributed by atoms with Crippen LogP contribution in [0.25, 0.3) is 0 Å². The fraction of sp³-hybridized carbons (Fsp3) is 0.294. The molecule has 0 aliphatic rings. The Balaban J connectivity index is 2.19. The summed E-state index contributed by atoms with van der Waals surface area (Å²) in [6.45, 7) is 2.08. The van der Waals surface area contributed by atoms with Gasteiger partial charge >= 0.3 is 0 Å². The predicted molar refractivity (Wildman–Crippen MR) is 80.5 cm³/mol. The summed E-state index contributed by atoms with van der Waals surface area (Å²) in [7, 11) is 0. The van der Waals surface area contributed by atoms with Crippen molar-refractivity contribution in [2.24, 2.45) is 0 Å². The number of benzene rings is 2. The minimum absolute atomic E-state index is 0.00792. The Morgan fingerprint density at radius 2 is 1.60 bits per heavy atom. The lowest BCUT2D eigenvalue weighted by atomic mass is 10.00. The van der Waals surface area contributed by atoms with Gasteiger partial charge in [-0.2, -0.15) is 0 Å². The molecule has 0 amide bonds. The molecule has 0 spiro atoms. The average molecular weight is 271 g/mol. The van der Waals surface area contributed by atoms with Crippen molar-refractivity contribution in [1.82, 2.24) is 5.32 Å². The number of para-hydroxylation sites is 1. The first kappa shape index (κ1) is 14.6. The summed E-state index contributed by atoms with van der Waals surface area (Å²) in [6, 6.07) is 17.1. The number of aliphatic hydroxyl groups excluding tert-OH is 1. The molecule has 0 aliphatic heterocycles. The fourth-order valence-electron chi connectivity index (χ4n) is 2.39. The molecule has 2 aromatic carbocycles. The third-order valence-electron chi connectivity index (χ3n) is 3.51. The van der Waals surface area contributed by atoms with Gasteiger partial charge in [0, 0.05) is 11.6 Å². The lowest BCUT2D eigenvalue weighted by Crippen LogP contribution is -2.28. The van der Waals surface area contributed by atoms with Gasteiger partial charge in [-0.1, -0.05) is 55.5 Å². The molecule has 1 unspecified atom stereocenters. The van der Waals surface area contributed by atoms with Gasteiger partial charge < -0.3 is 15.5 Å². The van der Waals surface area contributed by atoms with Crippen LogP contribution in [-0.4, -0.2) is 16.8 Å². The summed E-state index contributed by atoms with van der Waals surface area (Å²) >= 11 is 0. The molecule has 2 rings (SSSR count). The zero-order valence-corrected chi connectivity index (χ0v) is 11.7. The maximum atomic E-state index is 9.97. The molecule has 0 fully saturated rings. The minimum Gasteiger partial charge on any atom is -0.508 e. The van der Waals surface area contributed by atoms with E-state index >= 15 is 0 Å². The van der Waals surface area contributed by atoms with Gasteiger partial charge in [0.05, 0.1) is 12.6 Å². The van der Waals surface area contributed by atoms with Crippen molar-refractivity contribution in [2.45, 2.75) is 25.4 Å². The van der Waals surface area contributed by atoms with E-state index in [-0.39, 0.29) is 24.4 Å². The lowest BCUT2D eigenvalue weighted by molar-refractivity contribution is 0.231. The highest BCUT2D eigenvalue weighted by atomic mass is 16.3. The summed E-state index contributed by atoms with van der Waals surface area (Å²) in [6.07, 6.45) is 0.834. The van der Waals surface area contributed by atoms with Crippen LogP contribution in [-0.2, 0) is 0 Å². The minimum atomic E-state index is -0.138. The number of nitrogens with one attached hydrogen (secondary N) is 1. The van der Waals surface area contributed by atoms with Crippen molar-refractivity contribution in [3.63, 3.8) is 0 Å². The molecule has 3 nitrogen and oxygen atoms in total. The monoisotopic (exact) mass is 271 g/mol. The van der Waals surface area contributed by atoms with Crippen LogP contribution >= 0.6 is 0 Å². The van der Waals surface area contributed by atoms with Gasteiger partial charge in [-0.3, -0.25) is 0 Å². The first-order valence-corrected chi connectivity index (χ1v) is 6.96. The third kappa shape index (κ3) is 3.38. The topological polar surface area (TPSA) is 52.5 Å². The summed E-state index contributed by atoms with van der Waals surface area (Å²) in [5.41, 5.74) is 1.91. The average Bonchev–Trinajstić information content (AvgIpc) is 2.50. The Hall–Kier alpha value is -1.84. The maximum Gasteiger partial charge on any atom is 0.120 e. The Morgan fingerprint density at radius 3 is 2.20 bits per heavy atom. The van der Waals surface area contributed by atoms with Crippen LogP contribution in [0.5, 0.6) is 5.75 Å². The van der Waals surface area contributed by atoms with Crippen LogP contribution in [0.15, 0.2) is 54.6 Å². The van der Waals surface area contributed by atoms with Crippen LogP contribution in [0.4, 0.5) is 0 Å². The van der Waals surface area contributed by atoms with Crippen molar-refractivity contribution < 1.29 is 10.2 Å². The van der Waals surface area contributed by atoms with Gasteiger partial charge in [0.2, 0.25) is 0 Å². The highest BCUT2D eigenvalue weighted by Gasteiger charge is 2.18. The molecule has 0 aromatic heterocycles. The standard InChI is InChI=1S/C17H21NO2/c1-2-15(14-10-6-7-11-17(14)20)18-16(12-19)13-8-4-3-5-9-13/h3-11,15-16,18-20H,2,12H2,1H3/t15?,16-/m1/s1. The smallest absolute Gasteiger partial charge is 0.120 e. The van der Waals surface area contributed by atoms with E-state index in [0.717, 1.165) is 17.5 Å². The second-order valence-corrected chi connectivity index (χ2v) is 4.83. The number of rotatable bonds is 6. The summed E-state index contributed by atoms with van der Waals surface area (Å²) in [4.78, 5) is 0. The number of hydrogen-bond acceptors (Lipinski definition) is 3. The van der Waals surface area contributed by atoms with Crippen LogP contribution in [0, 0.1) is 0 Å². The molecule has 0 bridgehead atoms. The van der Waals surface area contributed by atoms with Gasteiger partial charge in [-0.05, 0) is 18.1 Å². The number of aromatic hydroxyl groups is 1. The number of phenols is 1. The maximum absolute atomic E-state index is 9.97. The third-order valence-corrected chi connectivity index (χ3v) is 3.51. The van der Waals surface area contributed by atoms with E-state index < -0.39 is 0 Å². The molecule has 3 N–H and O–H groups in total. The first-order chi connectivity index (χ1) is 9.76. The van der Waals surface area contributed by atoms with E-state index in [1.165, 1.54) is 0 Å². The highest BCUT2D eigenvalue weighted by molar-refractivity contribution is 5.35. The predicted octanol–water partition coefficient (Wildman–Crippen LogP) is 3.17. The zero-order valence-electron chi connectivity index (χ0n) is 11.7. The quantitative estimate of drug-likeness (QED) is 0.756. The van der Waals surface area contributed by atoms with E-state index in [2.05, 4.69) is 12.2 Å². The molecule has 0 radical (unpaired) electrons. The van der Waals surface area contributed by atoms with Gasteiger partial charge in [0.1, 0.15) is 5.75 Å². The Labute approximate surface area is 119 Å². The Kier molecular flexibility index (Phi) is 5.16. The normalized spacial score (nSPS) is 13.9. The second-order valence-electron chi connectivity index (χ2n) is 4.83. The zero-order chi connectivity index (χ0) is 14.4. The van der Waals surface area contributed by atoms with E-state index in [1.54, 1.807) is 6.07 Å². The van der Waals surface area contributed by atoms with Crippen molar-refractivity contribution in [3.05, 3.63) is 65.7 Å². The molecule has 106 valence electrons. The molecular formula is C17H21NO2. The van der Waals surface area contributed by atoms with Crippen molar-refractivity contribution in [1.29, 1.82) is 0 Å². The van der Waals surface area contributed by atoms with Crippen LogP contribution in [0.3, 0.4) is 0 Å². The van der Waals surface area contributed by atoms with Gasteiger partial charge in [-0.25, -0.2) is 0 Å². The molecule has 3 heteroatoms. The summed E-state index contributed by atoms with van der Waals surface area (Å²) < 4.78 is 0. The largest absolute Gasteiger partial charge is 0.508 e. The van der Waals surface area contributed by atoms with E-state index in [4.69, 9.17) is 0 Å². The first-order valence-electron chi connectivity index (χ1n) is 6.96. The highest BCUT2D eigenvalue weighted by Crippen LogP contribution is 2.28. The number of phenolic OH excluding ortho intramolecular Hbond substituents is 1. The SMILES string of the molecule is CCC(N[C@H](CO)c1ccccc1)c1ccccc1O. The number of hydrogen-bond donors (Lipinski definition) is 3. The Morgan fingerprint density at radius 1 is 0.950 bits per heavy atom. The van der Waals surface area contributed by atoms with Gasteiger partial charge in [0.25, 0.3) is 0 Å². The molecule has 2 atom stereocenters. The molecule has 0 heterocycles. The van der Waals surface area contributed by atoms with Crippen molar-refractivity contribution in [2.75, 3.05) is 6.61 Å². The van der Waals surface area contributed by atoms with Gasteiger partial charge in [-0.15, -0.1) is 0 Å². The van der Waals surface area contributed by atoms with Crippen LogP contribution < -0.4 is 5.32 Å². The molecule has 20 heavy (non-hydrogen) atoms. The molecule has 0 aliphatic carbocycles. The van der Waals surface area contributed by atoms with Crippen molar-refractivity contribution >= 4 is 0 Å². The van der Waals surface area contributed by atoms with Crippen LogP contribution in [0.2, 0.25) is 0 Å². The van der Waals surface area contributed by atoms with Crippen molar-refractivity contribution in [3.8, 4) is 5.75 Å². The summed E-state index contributed by atoms with van der Waals surface area (Å²) in [5.74, 6) is 0.289. The van der Waals surface area contributed by atoms with E-state index in [1.807, 2.05) is 48.5 Å². The second kappa shape index (κ2) is 7.08. The lowest BCUT2D eigenvalue weighted by Gasteiger charge is -2.25.